The van der Waals surface area contributed by atoms with Crippen molar-refractivity contribution >= 4 is 12.2 Å². The molecule has 0 aromatic carbocycles. The third-order valence-corrected chi connectivity index (χ3v) is 2.27. The molecule has 0 atom stereocenters. The predicted molar refractivity (Wildman–Crippen MR) is 58.3 cm³/mol. The molecule has 0 saturated heterocycles. The summed E-state index contributed by atoms with van der Waals surface area (Å²) in [5.41, 5.74) is -0.745. The van der Waals surface area contributed by atoms with Crippen LogP contribution in [0.3, 0.4) is 0 Å². The fourth-order valence-electron chi connectivity index (χ4n) is 1.31. The van der Waals surface area contributed by atoms with Crippen LogP contribution in [-0.2, 0) is 9.59 Å². The van der Waals surface area contributed by atoms with Crippen molar-refractivity contribution < 1.29 is 9.59 Å². The molecular formula is C11H18N2O2. The smallest absolute Gasteiger partial charge is 0.211 e. The largest absolute Gasteiger partial charge is 0.235 e. The summed E-state index contributed by atoms with van der Waals surface area (Å²) in [5, 5.41) is 0. The van der Waals surface area contributed by atoms with Gasteiger partial charge in [-0.2, -0.15) is 9.98 Å². The second kappa shape index (κ2) is 5.59. The minimum absolute atomic E-state index is 0.372. The summed E-state index contributed by atoms with van der Waals surface area (Å²) in [7, 11) is 0. The maximum atomic E-state index is 10.1. The fourth-order valence-corrected chi connectivity index (χ4v) is 1.31. The molecule has 4 heteroatoms. The molecule has 0 saturated carbocycles. The van der Waals surface area contributed by atoms with Gasteiger partial charge in [-0.15, -0.1) is 0 Å². The topological polar surface area (TPSA) is 58.9 Å². The minimum Gasteiger partial charge on any atom is -0.211 e. The summed E-state index contributed by atoms with van der Waals surface area (Å²) < 4.78 is 0. The van der Waals surface area contributed by atoms with E-state index in [0.717, 1.165) is 19.3 Å². The Morgan fingerprint density at radius 3 is 1.47 bits per heavy atom. The first kappa shape index (κ1) is 13.8. The highest BCUT2D eigenvalue weighted by molar-refractivity contribution is 5.34. The Morgan fingerprint density at radius 1 is 0.867 bits per heavy atom. The van der Waals surface area contributed by atoms with E-state index in [2.05, 4.69) is 9.98 Å². The number of carbonyl (C=O) groups excluding carboxylic acids is 2. The van der Waals surface area contributed by atoms with Gasteiger partial charge in [-0.1, -0.05) is 0 Å². The second-order valence-electron chi connectivity index (χ2n) is 4.88. The zero-order valence-corrected chi connectivity index (χ0v) is 9.83. The summed E-state index contributed by atoms with van der Waals surface area (Å²) in [6.07, 6.45) is 5.55. The van der Waals surface area contributed by atoms with Gasteiger partial charge in [0.25, 0.3) is 0 Å². The molecule has 0 aromatic rings. The Kier molecular flexibility index (Phi) is 5.13. The molecule has 0 unspecified atom stereocenters. The van der Waals surface area contributed by atoms with Crippen molar-refractivity contribution in [2.45, 2.75) is 58.0 Å². The minimum atomic E-state index is -0.372. The van der Waals surface area contributed by atoms with Gasteiger partial charge in [0.1, 0.15) is 0 Å². The molecule has 0 bridgehead atoms. The van der Waals surface area contributed by atoms with Crippen LogP contribution in [0.15, 0.2) is 9.98 Å². The maximum absolute atomic E-state index is 10.1. The van der Waals surface area contributed by atoms with Crippen molar-refractivity contribution in [3.05, 3.63) is 0 Å². The van der Waals surface area contributed by atoms with Crippen LogP contribution in [0.25, 0.3) is 0 Å². The quantitative estimate of drug-likeness (QED) is 0.499. The lowest BCUT2D eigenvalue weighted by Gasteiger charge is -2.21. The van der Waals surface area contributed by atoms with Crippen molar-refractivity contribution in [2.75, 3.05) is 0 Å². The first-order valence-electron chi connectivity index (χ1n) is 5.01. The predicted octanol–water partition coefficient (Wildman–Crippen LogP) is 2.39. The van der Waals surface area contributed by atoms with Crippen molar-refractivity contribution in [3.63, 3.8) is 0 Å². The summed E-state index contributed by atoms with van der Waals surface area (Å²) in [5.74, 6) is 0. The molecule has 0 fully saturated rings. The Balaban J connectivity index is 4.09. The van der Waals surface area contributed by atoms with E-state index < -0.39 is 0 Å². The SMILES string of the molecule is CC(C)(CCCC(C)(C)N=C=O)N=C=O. The van der Waals surface area contributed by atoms with Crippen LogP contribution in [0.4, 0.5) is 0 Å². The van der Waals surface area contributed by atoms with Crippen molar-refractivity contribution in [3.8, 4) is 0 Å². The molecular weight excluding hydrogens is 192 g/mol. The Labute approximate surface area is 90.5 Å². The molecule has 0 aromatic heterocycles. The van der Waals surface area contributed by atoms with Crippen LogP contribution in [0.1, 0.15) is 47.0 Å². The third-order valence-electron chi connectivity index (χ3n) is 2.27. The van der Waals surface area contributed by atoms with E-state index >= 15 is 0 Å². The number of isocyanates is 2. The molecule has 0 N–H and O–H groups in total. The van der Waals surface area contributed by atoms with E-state index in [1.807, 2.05) is 27.7 Å². The Bertz CT molecular complexity index is 266. The molecule has 0 aliphatic rings. The van der Waals surface area contributed by atoms with Crippen LogP contribution < -0.4 is 0 Å². The molecule has 15 heavy (non-hydrogen) atoms. The summed E-state index contributed by atoms with van der Waals surface area (Å²) >= 11 is 0. The van der Waals surface area contributed by atoms with E-state index in [4.69, 9.17) is 0 Å². The Morgan fingerprint density at radius 2 is 1.20 bits per heavy atom. The van der Waals surface area contributed by atoms with Gasteiger partial charge < -0.3 is 0 Å². The molecule has 0 aliphatic heterocycles. The van der Waals surface area contributed by atoms with Gasteiger partial charge in [-0.05, 0) is 47.0 Å². The number of aliphatic imine (C=N–C) groups is 2. The zero-order chi connectivity index (χ0) is 11.9. The van der Waals surface area contributed by atoms with E-state index in [0.29, 0.717) is 0 Å². The van der Waals surface area contributed by atoms with E-state index in [-0.39, 0.29) is 11.1 Å². The van der Waals surface area contributed by atoms with Gasteiger partial charge in [0.05, 0.1) is 11.1 Å². The van der Waals surface area contributed by atoms with Crippen LogP contribution in [0, 0.1) is 0 Å². The van der Waals surface area contributed by atoms with Crippen molar-refractivity contribution in [1.82, 2.24) is 0 Å². The van der Waals surface area contributed by atoms with Crippen LogP contribution in [0.5, 0.6) is 0 Å². The van der Waals surface area contributed by atoms with Crippen LogP contribution >= 0.6 is 0 Å². The van der Waals surface area contributed by atoms with Crippen molar-refractivity contribution in [2.24, 2.45) is 9.98 Å². The van der Waals surface area contributed by atoms with Gasteiger partial charge >= 0.3 is 0 Å². The lowest BCUT2D eigenvalue weighted by molar-refractivity contribution is 0.393. The van der Waals surface area contributed by atoms with Gasteiger partial charge in [-0.3, -0.25) is 0 Å². The van der Waals surface area contributed by atoms with Crippen molar-refractivity contribution in [1.29, 1.82) is 0 Å². The first-order chi connectivity index (χ1) is 6.83. The standard InChI is InChI=1S/C11H18N2O2/c1-10(2,12-8-14)6-5-7-11(3,4)13-9-15/h5-7H2,1-4H3. The Hall–Kier alpha value is -1.24. The maximum Gasteiger partial charge on any atom is 0.235 e. The highest BCUT2D eigenvalue weighted by atomic mass is 16.1. The lowest BCUT2D eigenvalue weighted by Crippen LogP contribution is -2.20. The molecule has 0 spiro atoms. The highest BCUT2D eigenvalue weighted by Gasteiger charge is 2.20. The summed E-state index contributed by atoms with van der Waals surface area (Å²) in [4.78, 5) is 27.7. The van der Waals surface area contributed by atoms with E-state index in [1.165, 1.54) is 0 Å². The lowest BCUT2D eigenvalue weighted by atomic mass is 9.92. The van der Waals surface area contributed by atoms with E-state index in [1.54, 1.807) is 12.2 Å². The number of rotatable bonds is 6. The number of nitrogens with zero attached hydrogens (tertiary/aromatic N) is 2. The molecule has 0 radical (unpaired) electrons. The first-order valence-corrected chi connectivity index (χ1v) is 5.01. The van der Waals surface area contributed by atoms with Gasteiger partial charge in [-0.25, -0.2) is 9.59 Å². The summed E-state index contributed by atoms with van der Waals surface area (Å²) in [6.45, 7) is 7.53. The molecule has 0 heterocycles. The average molecular weight is 210 g/mol. The second-order valence-corrected chi connectivity index (χ2v) is 4.88. The summed E-state index contributed by atoms with van der Waals surface area (Å²) in [6, 6.07) is 0. The fraction of sp³-hybridized carbons (Fsp3) is 0.818. The van der Waals surface area contributed by atoms with Crippen LogP contribution in [-0.4, -0.2) is 23.2 Å². The molecule has 0 amide bonds. The molecule has 4 nitrogen and oxygen atoms in total. The van der Waals surface area contributed by atoms with E-state index in [9.17, 15) is 9.59 Å². The molecule has 0 aliphatic carbocycles. The molecule has 0 rings (SSSR count). The zero-order valence-electron chi connectivity index (χ0n) is 9.83. The number of hydrogen-bond donors (Lipinski definition) is 0. The third kappa shape index (κ3) is 6.78. The van der Waals surface area contributed by atoms with Gasteiger partial charge in [0.15, 0.2) is 0 Å². The average Bonchev–Trinajstić information content (AvgIpc) is 2.02. The highest BCUT2D eigenvalue weighted by Crippen LogP contribution is 2.22. The molecule has 84 valence electrons. The van der Waals surface area contributed by atoms with Crippen LogP contribution in [0.2, 0.25) is 0 Å². The number of hydrogen-bond acceptors (Lipinski definition) is 4. The van der Waals surface area contributed by atoms with Gasteiger partial charge in [0, 0.05) is 0 Å². The normalized spacial score (nSPS) is 11.5. The monoisotopic (exact) mass is 210 g/mol. The van der Waals surface area contributed by atoms with Gasteiger partial charge in [0.2, 0.25) is 12.2 Å².